The zero-order valence-electron chi connectivity index (χ0n) is 9.34. The van der Waals surface area contributed by atoms with Crippen LogP contribution in [-0.4, -0.2) is 12.1 Å². The zero-order valence-corrected chi connectivity index (χ0v) is 10.1. The predicted molar refractivity (Wildman–Crippen MR) is 62.2 cm³/mol. The molecule has 88 valence electrons. The van der Waals surface area contributed by atoms with E-state index in [9.17, 15) is 4.39 Å². The van der Waals surface area contributed by atoms with Crippen LogP contribution in [0.3, 0.4) is 0 Å². The van der Waals surface area contributed by atoms with Gasteiger partial charge in [0.1, 0.15) is 6.10 Å². The first-order valence-electron chi connectivity index (χ1n) is 5.29. The lowest BCUT2D eigenvalue weighted by atomic mass is 9.65. The zero-order chi connectivity index (χ0) is 11.9. The Labute approximate surface area is 99.5 Å². The van der Waals surface area contributed by atoms with E-state index in [0.717, 1.165) is 6.42 Å². The van der Waals surface area contributed by atoms with Gasteiger partial charge in [0.2, 0.25) is 0 Å². The van der Waals surface area contributed by atoms with E-state index in [1.165, 1.54) is 6.07 Å². The highest BCUT2D eigenvalue weighted by atomic mass is 35.5. The van der Waals surface area contributed by atoms with Crippen LogP contribution >= 0.6 is 11.6 Å². The maximum absolute atomic E-state index is 13.5. The molecule has 0 aromatic heterocycles. The first kappa shape index (κ1) is 11.7. The molecule has 0 radical (unpaired) electrons. The predicted octanol–water partition coefficient (Wildman–Crippen LogP) is 2.98. The minimum absolute atomic E-state index is 0.0723. The third-order valence-corrected chi connectivity index (χ3v) is 3.73. The van der Waals surface area contributed by atoms with Crippen LogP contribution in [-0.2, 0) is 0 Å². The molecule has 16 heavy (non-hydrogen) atoms. The largest absolute Gasteiger partial charge is 0.485 e. The Kier molecular flexibility index (Phi) is 2.84. The van der Waals surface area contributed by atoms with Crippen LogP contribution in [0.5, 0.6) is 5.75 Å². The van der Waals surface area contributed by atoms with Crippen LogP contribution in [0.1, 0.15) is 20.3 Å². The summed E-state index contributed by atoms with van der Waals surface area (Å²) in [6.45, 7) is 4.03. The van der Waals surface area contributed by atoms with Gasteiger partial charge in [0.25, 0.3) is 0 Å². The summed E-state index contributed by atoms with van der Waals surface area (Å²) < 4.78 is 19.1. The lowest BCUT2D eigenvalue weighted by Crippen LogP contribution is -2.60. The van der Waals surface area contributed by atoms with Gasteiger partial charge < -0.3 is 10.5 Å². The number of benzene rings is 1. The normalized spacial score (nSPS) is 27.3. The number of nitrogens with two attached hydrogens (primary N) is 1. The number of halogens is 2. The second-order valence-electron chi connectivity index (χ2n) is 4.82. The molecular formula is C12H15ClFNO. The number of para-hydroxylation sites is 1. The monoisotopic (exact) mass is 243 g/mol. The van der Waals surface area contributed by atoms with Crippen LogP contribution in [0.25, 0.3) is 0 Å². The highest BCUT2D eigenvalue weighted by molar-refractivity contribution is 6.32. The Hall–Kier alpha value is -0.800. The van der Waals surface area contributed by atoms with Gasteiger partial charge in [-0.05, 0) is 12.1 Å². The van der Waals surface area contributed by atoms with E-state index < -0.39 is 5.82 Å². The third kappa shape index (κ3) is 1.78. The summed E-state index contributed by atoms with van der Waals surface area (Å²) in [7, 11) is 0. The summed E-state index contributed by atoms with van der Waals surface area (Å²) in [6, 6.07) is 4.61. The molecule has 2 rings (SSSR count). The highest BCUT2D eigenvalue weighted by Crippen LogP contribution is 2.43. The fourth-order valence-electron chi connectivity index (χ4n) is 1.85. The molecule has 1 aromatic rings. The molecule has 1 aliphatic rings. The topological polar surface area (TPSA) is 35.2 Å². The first-order valence-corrected chi connectivity index (χ1v) is 5.67. The molecule has 1 saturated carbocycles. The summed E-state index contributed by atoms with van der Waals surface area (Å²) in [5.74, 6) is -0.294. The molecule has 1 aromatic carbocycles. The van der Waals surface area contributed by atoms with Gasteiger partial charge in [0.15, 0.2) is 11.6 Å². The van der Waals surface area contributed by atoms with Crippen molar-refractivity contribution in [3.8, 4) is 5.75 Å². The van der Waals surface area contributed by atoms with Gasteiger partial charge >= 0.3 is 0 Å². The molecule has 4 heteroatoms. The van der Waals surface area contributed by atoms with Gasteiger partial charge in [-0.1, -0.05) is 31.5 Å². The molecular weight excluding hydrogens is 229 g/mol. The van der Waals surface area contributed by atoms with E-state index in [1.807, 2.05) is 13.8 Å². The molecule has 1 aliphatic carbocycles. The molecule has 1 fully saturated rings. The van der Waals surface area contributed by atoms with Crippen molar-refractivity contribution in [3.05, 3.63) is 29.0 Å². The van der Waals surface area contributed by atoms with Gasteiger partial charge in [-0.2, -0.15) is 0 Å². The van der Waals surface area contributed by atoms with Gasteiger partial charge in [-0.25, -0.2) is 4.39 Å². The molecule has 0 bridgehead atoms. The van der Waals surface area contributed by atoms with Crippen LogP contribution in [0, 0.1) is 11.2 Å². The molecule has 0 spiro atoms. The maximum atomic E-state index is 13.5. The molecule has 0 amide bonds. The molecule has 0 saturated heterocycles. The fourth-order valence-corrected chi connectivity index (χ4v) is 2.06. The summed E-state index contributed by atoms with van der Waals surface area (Å²) in [6.07, 6.45) is 0.661. The Balaban J connectivity index is 2.17. The van der Waals surface area contributed by atoms with Crippen molar-refractivity contribution in [2.75, 3.05) is 0 Å². The Morgan fingerprint density at radius 1 is 1.50 bits per heavy atom. The van der Waals surface area contributed by atoms with Crippen LogP contribution in [0.2, 0.25) is 5.02 Å². The van der Waals surface area contributed by atoms with Crippen molar-refractivity contribution in [1.82, 2.24) is 0 Å². The Morgan fingerprint density at radius 2 is 2.19 bits per heavy atom. The molecule has 2 atom stereocenters. The average molecular weight is 244 g/mol. The highest BCUT2D eigenvalue weighted by Gasteiger charge is 2.48. The van der Waals surface area contributed by atoms with Gasteiger partial charge in [0, 0.05) is 17.9 Å². The van der Waals surface area contributed by atoms with E-state index in [4.69, 9.17) is 22.1 Å². The quantitative estimate of drug-likeness (QED) is 0.867. The molecule has 2 nitrogen and oxygen atoms in total. The second-order valence-corrected chi connectivity index (χ2v) is 5.23. The van der Waals surface area contributed by atoms with Crippen molar-refractivity contribution >= 4 is 11.6 Å². The minimum Gasteiger partial charge on any atom is -0.485 e. The van der Waals surface area contributed by atoms with Crippen molar-refractivity contribution in [3.63, 3.8) is 0 Å². The van der Waals surface area contributed by atoms with Crippen LogP contribution in [0.4, 0.5) is 4.39 Å². The number of hydrogen-bond donors (Lipinski definition) is 1. The summed E-state index contributed by atoms with van der Waals surface area (Å²) in [5, 5.41) is 0.302. The summed E-state index contributed by atoms with van der Waals surface area (Å²) in [5.41, 5.74) is 5.74. The second kappa shape index (κ2) is 3.90. The van der Waals surface area contributed by atoms with Gasteiger partial charge in [-0.15, -0.1) is 0 Å². The van der Waals surface area contributed by atoms with Crippen molar-refractivity contribution in [1.29, 1.82) is 0 Å². The van der Waals surface area contributed by atoms with Gasteiger partial charge in [0.05, 0.1) is 5.02 Å². The van der Waals surface area contributed by atoms with Crippen molar-refractivity contribution in [2.24, 2.45) is 11.1 Å². The number of hydrogen-bond acceptors (Lipinski definition) is 2. The molecule has 2 unspecified atom stereocenters. The SMILES string of the molecule is CC1(C)C(N)CC1Oc1c(F)cccc1Cl. The van der Waals surface area contributed by atoms with Crippen LogP contribution in [0.15, 0.2) is 18.2 Å². The number of ether oxygens (including phenoxy) is 1. The Bertz CT molecular complexity index is 388. The minimum atomic E-state index is -0.427. The Morgan fingerprint density at radius 3 is 2.69 bits per heavy atom. The van der Waals surface area contributed by atoms with Crippen molar-refractivity contribution in [2.45, 2.75) is 32.4 Å². The molecule has 0 heterocycles. The molecule has 0 aliphatic heterocycles. The summed E-state index contributed by atoms with van der Waals surface area (Å²) >= 11 is 5.89. The van der Waals surface area contributed by atoms with E-state index >= 15 is 0 Å². The fraction of sp³-hybridized carbons (Fsp3) is 0.500. The van der Waals surface area contributed by atoms with E-state index in [2.05, 4.69) is 0 Å². The smallest absolute Gasteiger partial charge is 0.173 e. The lowest BCUT2D eigenvalue weighted by Gasteiger charge is -2.49. The van der Waals surface area contributed by atoms with Crippen LogP contribution < -0.4 is 10.5 Å². The first-order chi connectivity index (χ1) is 7.43. The average Bonchev–Trinajstić information content (AvgIpc) is 2.22. The molecule has 2 N–H and O–H groups in total. The summed E-state index contributed by atoms with van der Waals surface area (Å²) in [4.78, 5) is 0. The number of rotatable bonds is 2. The third-order valence-electron chi connectivity index (χ3n) is 3.43. The van der Waals surface area contributed by atoms with E-state index in [1.54, 1.807) is 12.1 Å². The van der Waals surface area contributed by atoms with E-state index in [0.29, 0.717) is 5.02 Å². The van der Waals surface area contributed by atoms with Crippen molar-refractivity contribution < 1.29 is 9.13 Å². The lowest BCUT2D eigenvalue weighted by molar-refractivity contribution is -0.0418. The van der Waals surface area contributed by atoms with E-state index in [-0.39, 0.29) is 23.3 Å². The maximum Gasteiger partial charge on any atom is 0.173 e. The van der Waals surface area contributed by atoms with Gasteiger partial charge in [-0.3, -0.25) is 0 Å². The standard InChI is InChI=1S/C12H15ClFNO/c1-12(2)9(15)6-10(12)16-11-7(13)4-3-5-8(11)14/h3-5,9-10H,6,15H2,1-2H3.